The fourth-order valence-corrected chi connectivity index (χ4v) is 2.43. The molecule has 1 amide bonds. The number of likely N-dealkylation sites (tertiary alicyclic amines) is 1. The summed E-state index contributed by atoms with van der Waals surface area (Å²) in [4.78, 5) is 14.1. The van der Waals surface area contributed by atoms with Crippen molar-refractivity contribution in [3.8, 4) is 5.75 Å². The second-order valence-corrected chi connectivity index (χ2v) is 5.72. The molecule has 1 unspecified atom stereocenters. The zero-order chi connectivity index (χ0) is 13.9. The maximum absolute atomic E-state index is 12.3. The van der Waals surface area contributed by atoms with Gasteiger partial charge in [0, 0.05) is 18.1 Å². The Morgan fingerprint density at radius 3 is 2.79 bits per heavy atom. The van der Waals surface area contributed by atoms with Crippen molar-refractivity contribution >= 4 is 5.91 Å². The van der Waals surface area contributed by atoms with Crippen molar-refractivity contribution < 1.29 is 9.53 Å². The molecule has 1 saturated heterocycles. The highest BCUT2D eigenvalue weighted by molar-refractivity contribution is 5.78. The molecule has 1 aliphatic heterocycles. The first-order chi connectivity index (χ1) is 8.99. The van der Waals surface area contributed by atoms with E-state index in [1.807, 2.05) is 35.2 Å². The van der Waals surface area contributed by atoms with E-state index in [0.29, 0.717) is 6.54 Å². The van der Waals surface area contributed by atoms with Gasteiger partial charge >= 0.3 is 0 Å². The molecule has 0 aromatic heterocycles. The summed E-state index contributed by atoms with van der Waals surface area (Å²) in [5.74, 6) is 0.721. The van der Waals surface area contributed by atoms with Gasteiger partial charge in [0.2, 0.25) is 0 Å². The fraction of sp³-hybridized carbons (Fsp3) is 0.533. The van der Waals surface area contributed by atoms with Crippen LogP contribution in [-0.2, 0) is 4.79 Å². The largest absolute Gasteiger partial charge is 0.484 e. The van der Waals surface area contributed by atoms with Gasteiger partial charge in [0.15, 0.2) is 6.61 Å². The summed E-state index contributed by atoms with van der Waals surface area (Å²) < 4.78 is 5.52. The molecule has 1 atom stereocenters. The Morgan fingerprint density at radius 1 is 1.42 bits per heavy atom. The summed E-state index contributed by atoms with van der Waals surface area (Å²) in [5, 5.41) is 0. The molecule has 0 saturated carbocycles. The minimum absolute atomic E-state index is 0.00371. The maximum atomic E-state index is 12.3. The fourth-order valence-electron chi connectivity index (χ4n) is 2.43. The molecule has 1 aromatic carbocycles. The lowest BCUT2D eigenvalue weighted by atomic mass is 9.88. The monoisotopic (exact) mass is 262 g/mol. The number of ether oxygens (including phenoxy) is 1. The van der Waals surface area contributed by atoms with E-state index in [2.05, 4.69) is 13.8 Å². The molecule has 1 aliphatic rings. The average Bonchev–Trinajstić information content (AvgIpc) is 2.40. The lowest BCUT2D eigenvalue weighted by Crippen LogP contribution is -2.57. The molecule has 19 heavy (non-hydrogen) atoms. The number of hydrogen-bond acceptors (Lipinski definition) is 3. The van der Waals surface area contributed by atoms with Crippen LogP contribution in [-0.4, -0.2) is 35.5 Å². The Balaban J connectivity index is 1.95. The molecule has 2 rings (SSSR count). The maximum Gasteiger partial charge on any atom is 0.261 e. The van der Waals surface area contributed by atoms with Gasteiger partial charge in [-0.2, -0.15) is 0 Å². The van der Waals surface area contributed by atoms with Gasteiger partial charge in [-0.05, 0) is 38.8 Å². The Kier molecular flexibility index (Phi) is 4.10. The minimum Gasteiger partial charge on any atom is -0.484 e. The zero-order valence-corrected chi connectivity index (χ0v) is 11.6. The van der Waals surface area contributed by atoms with E-state index in [-0.39, 0.29) is 24.1 Å². The number of carbonyl (C=O) groups excluding carboxylic acids is 1. The van der Waals surface area contributed by atoms with Crippen LogP contribution < -0.4 is 10.5 Å². The van der Waals surface area contributed by atoms with Crippen LogP contribution >= 0.6 is 0 Å². The number of nitrogens with zero attached hydrogens (tertiary/aromatic N) is 1. The second-order valence-electron chi connectivity index (χ2n) is 5.72. The number of rotatable bonds is 3. The van der Waals surface area contributed by atoms with E-state index in [9.17, 15) is 4.79 Å². The molecule has 0 aliphatic carbocycles. The van der Waals surface area contributed by atoms with Gasteiger partial charge in [0.05, 0.1) is 0 Å². The van der Waals surface area contributed by atoms with Gasteiger partial charge in [-0.15, -0.1) is 0 Å². The van der Waals surface area contributed by atoms with E-state index in [1.165, 1.54) is 0 Å². The lowest BCUT2D eigenvalue weighted by molar-refractivity contribution is -0.141. The Hall–Kier alpha value is -1.55. The third-order valence-corrected chi connectivity index (χ3v) is 3.68. The highest BCUT2D eigenvalue weighted by atomic mass is 16.5. The predicted octanol–water partition coefficient (Wildman–Crippen LogP) is 1.79. The molecular weight excluding hydrogens is 240 g/mol. The molecule has 1 heterocycles. The van der Waals surface area contributed by atoms with Crippen LogP contribution in [0.2, 0.25) is 0 Å². The average molecular weight is 262 g/mol. The first kappa shape index (κ1) is 13.9. The number of nitrogens with two attached hydrogens (primary N) is 1. The predicted molar refractivity (Wildman–Crippen MR) is 74.9 cm³/mol. The molecule has 1 aromatic rings. The van der Waals surface area contributed by atoms with Crippen LogP contribution in [0.4, 0.5) is 0 Å². The lowest BCUT2D eigenvalue weighted by Gasteiger charge is -2.44. The van der Waals surface area contributed by atoms with E-state index in [1.54, 1.807) is 0 Å². The quantitative estimate of drug-likeness (QED) is 0.903. The van der Waals surface area contributed by atoms with Gasteiger partial charge in [0.25, 0.3) is 5.91 Å². The summed E-state index contributed by atoms with van der Waals surface area (Å²) in [6.45, 7) is 4.85. The molecule has 0 radical (unpaired) electrons. The third kappa shape index (κ3) is 3.47. The zero-order valence-electron chi connectivity index (χ0n) is 11.6. The van der Waals surface area contributed by atoms with Crippen LogP contribution in [0.5, 0.6) is 5.75 Å². The van der Waals surface area contributed by atoms with Crippen LogP contribution in [0.3, 0.4) is 0 Å². The van der Waals surface area contributed by atoms with Crippen molar-refractivity contribution in [2.24, 2.45) is 5.73 Å². The number of amides is 1. The van der Waals surface area contributed by atoms with Crippen LogP contribution in [0.1, 0.15) is 26.7 Å². The third-order valence-electron chi connectivity index (χ3n) is 3.68. The van der Waals surface area contributed by atoms with Crippen LogP contribution in [0.15, 0.2) is 30.3 Å². The molecule has 4 nitrogen and oxygen atoms in total. The molecular formula is C15H22N2O2. The minimum atomic E-state index is -0.132. The van der Waals surface area contributed by atoms with Crippen molar-refractivity contribution in [2.45, 2.75) is 38.3 Å². The topological polar surface area (TPSA) is 55.6 Å². The van der Waals surface area contributed by atoms with Crippen molar-refractivity contribution in [3.05, 3.63) is 30.3 Å². The molecule has 0 spiro atoms. The van der Waals surface area contributed by atoms with Gasteiger partial charge in [0.1, 0.15) is 5.75 Å². The Bertz CT molecular complexity index is 431. The molecule has 4 heteroatoms. The molecule has 2 N–H and O–H groups in total. The van der Waals surface area contributed by atoms with Gasteiger partial charge in [-0.25, -0.2) is 0 Å². The highest BCUT2D eigenvalue weighted by Crippen LogP contribution is 2.27. The summed E-state index contributed by atoms with van der Waals surface area (Å²) in [5.41, 5.74) is 5.82. The Morgan fingerprint density at radius 2 is 2.11 bits per heavy atom. The number of piperidine rings is 1. The van der Waals surface area contributed by atoms with Gasteiger partial charge in [-0.1, -0.05) is 18.2 Å². The van der Waals surface area contributed by atoms with E-state index >= 15 is 0 Å². The van der Waals surface area contributed by atoms with E-state index < -0.39 is 0 Å². The normalized spacial score (nSPS) is 22.1. The number of para-hydroxylation sites is 1. The second kappa shape index (κ2) is 5.61. The smallest absolute Gasteiger partial charge is 0.261 e. The first-order valence-corrected chi connectivity index (χ1v) is 6.73. The SMILES string of the molecule is CC1(C)CCC(N)CN1C(=O)COc1ccccc1. The molecule has 104 valence electrons. The number of carbonyl (C=O) groups is 1. The molecule has 1 fully saturated rings. The standard InChI is InChI=1S/C15H22N2O2/c1-15(2)9-8-12(16)10-17(15)14(18)11-19-13-6-4-3-5-7-13/h3-7,12H,8-11,16H2,1-2H3. The Labute approximate surface area is 114 Å². The number of hydrogen-bond donors (Lipinski definition) is 1. The summed E-state index contributed by atoms with van der Waals surface area (Å²) >= 11 is 0. The van der Waals surface area contributed by atoms with Crippen molar-refractivity contribution in [3.63, 3.8) is 0 Å². The van der Waals surface area contributed by atoms with Crippen molar-refractivity contribution in [1.29, 1.82) is 0 Å². The van der Waals surface area contributed by atoms with Crippen molar-refractivity contribution in [2.75, 3.05) is 13.2 Å². The summed E-state index contributed by atoms with van der Waals surface area (Å²) in [6, 6.07) is 9.47. The van der Waals surface area contributed by atoms with Crippen LogP contribution in [0.25, 0.3) is 0 Å². The van der Waals surface area contributed by atoms with Crippen LogP contribution in [0, 0.1) is 0 Å². The van der Waals surface area contributed by atoms with Gasteiger partial charge in [-0.3, -0.25) is 4.79 Å². The van der Waals surface area contributed by atoms with Gasteiger partial charge < -0.3 is 15.4 Å². The molecule has 0 bridgehead atoms. The first-order valence-electron chi connectivity index (χ1n) is 6.73. The van der Waals surface area contributed by atoms with E-state index in [4.69, 9.17) is 10.5 Å². The highest BCUT2D eigenvalue weighted by Gasteiger charge is 2.36. The number of benzene rings is 1. The summed E-state index contributed by atoms with van der Waals surface area (Å²) in [6.07, 6.45) is 1.90. The summed E-state index contributed by atoms with van der Waals surface area (Å²) in [7, 11) is 0. The van der Waals surface area contributed by atoms with Crippen molar-refractivity contribution in [1.82, 2.24) is 4.90 Å². The van der Waals surface area contributed by atoms with E-state index in [0.717, 1.165) is 18.6 Å².